The normalized spacial score (nSPS) is 12.2. The maximum absolute atomic E-state index is 5.66. The molecule has 0 saturated carbocycles. The van der Waals surface area contributed by atoms with Crippen LogP contribution in [0.2, 0.25) is 0 Å². The van der Waals surface area contributed by atoms with Crippen LogP contribution in [0.4, 0.5) is 0 Å². The highest BCUT2D eigenvalue weighted by molar-refractivity contribution is 9.10. The van der Waals surface area contributed by atoms with Crippen molar-refractivity contribution in [3.05, 3.63) is 58.3 Å². The molecule has 19 heavy (non-hydrogen) atoms. The predicted molar refractivity (Wildman–Crippen MR) is 78.7 cm³/mol. The van der Waals surface area contributed by atoms with Gasteiger partial charge in [0.1, 0.15) is 5.75 Å². The number of benzene rings is 1. The summed E-state index contributed by atoms with van der Waals surface area (Å²) in [5, 5.41) is 0. The first-order valence-electron chi connectivity index (χ1n) is 5.94. The highest BCUT2D eigenvalue weighted by Crippen LogP contribution is 2.27. The Morgan fingerprint density at radius 2 is 2.11 bits per heavy atom. The van der Waals surface area contributed by atoms with Crippen LogP contribution >= 0.6 is 15.9 Å². The number of nitrogens with one attached hydrogen (secondary N) is 1. The Labute approximate surface area is 121 Å². The van der Waals surface area contributed by atoms with E-state index in [4.69, 9.17) is 10.6 Å². The van der Waals surface area contributed by atoms with Gasteiger partial charge in [-0.1, -0.05) is 18.2 Å². The Morgan fingerprint density at radius 1 is 1.32 bits per heavy atom. The molecule has 4 nitrogen and oxygen atoms in total. The third-order valence-corrected chi connectivity index (χ3v) is 3.61. The molecule has 3 N–H and O–H groups in total. The van der Waals surface area contributed by atoms with Gasteiger partial charge in [-0.3, -0.25) is 16.3 Å². The van der Waals surface area contributed by atoms with Crippen LogP contribution in [0, 0.1) is 0 Å². The number of hydrogen-bond acceptors (Lipinski definition) is 4. The molecule has 1 aromatic carbocycles. The van der Waals surface area contributed by atoms with Gasteiger partial charge >= 0.3 is 0 Å². The summed E-state index contributed by atoms with van der Waals surface area (Å²) in [6.45, 7) is 0. The van der Waals surface area contributed by atoms with Gasteiger partial charge in [-0.15, -0.1) is 0 Å². The summed E-state index contributed by atoms with van der Waals surface area (Å²) >= 11 is 3.50. The highest BCUT2D eigenvalue weighted by atomic mass is 79.9. The van der Waals surface area contributed by atoms with E-state index >= 15 is 0 Å². The van der Waals surface area contributed by atoms with Crippen LogP contribution in [0.15, 0.2) is 47.1 Å². The van der Waals surface area contributed by atoms with Gasteiger partial charge in [0.05, 0.1) is 18.8 Å². The first kappa shape index (κ1) is 14.0. The Hall–Kier alpha value is -1.43. The van der Waals surface area contributed by atoms with Gasteiger partial charge < -0.3 is 4.74 Å². The summed E-state index contributed by atoms with van der Waals surface area (Å²) in [7, 11) is 1.67. The number of rotatable bonds is 5. The van der Waals surface area contributed by atoms with E-state index < -0.39 is 0 Å². The van der Waals surface area contributed by atoms with Crippen molar-refractivity contribution in [3.8, 4) is 5.75 Å². The van der Waals surface area contributed by atoms with Crippen molar-refractivity contribution in [3.63, 3.8) is 0 Å². The third kappa shape index (κ3) is 3.32. The average molecular weight is 322 g/mol. The van der Waals surface area contributed by atoms with Gasteiger partial charge in [0, 0.05) is 10.7 Å². The zero-order valence-corrected chi connectivity index (χ0v) is 12.2. The standard InChI is InChI=1S/C14H16BrN3O/c1-19-13-7-3-2-5-10(13)9-12(18-16)14-11(15)6-4-8-17-14/h2-8,12,18H,9,16H2,1H3. The largest absolute Gasteiger partial charge is 0.496 e. The lowest BCUT2D eigenvalue weighted by atomic mass is 10.0. The fourth-order valence-electron chi connectivity index (χ4n) is 1.98. The molecule has 0 aliphatic rings. The second kappa shape index (κ2) is 6.65. The Morgan fingerprint density at radius 3 is 2.79 bits per heavy atom. The molecule has 1 heterocycles. The van der Waals surface area contributed by atoms with Crippen LogP contribution in [0.1, 0.15) is 17.3 Å². The molecule has 0 fully saturated rings. The number of hydrazine groups is 1. The minimum atomic E-state index is -0.0770. The van der Waals surface area contributed by atoms with Gasteiger partial charge in [0.15, 0.2) is 0 Å². The summed E-state index contributed by atoms with van der Waals surface area (Å²) in [4.78, 5) is 4.37. The Balaban J connectivity index is 2.27. The van der Waals surface area contributed by atoms with Crippen LogP contribution in [0.25, 0.3) is 0 Å². The van der Waals surface area contributed by atoms with Crippen LogP contribution in [-0.4, -0.2) is 12.1 Å². The lowest BCUT2D eigenvalue weighted by molar-refractivity contribution is 0.405. The molecular weight excluding hydrogens is 306 g/mol. The fraction of sp³-hybridized carbons (Fsp3) is 0.214. The van der Waals surface area contributed by atoms with Crippen molar-refractivity contribution in [2.24, 2.45) is 5.84 Å². The van der Waals surface area contributed by atoms with E-state index in [1.165, 1.54) is 0 Å². The van der Waals surface area contributed by atoms with E-state index in [0.717, 1.165) is 21.5 Å². The van der Waals surface area contributed by atoms with E-state index in [0.29, 0.717) is 6.42 Å². The first-order valence-corrected chi connectivity index (χ1v) is 6.74. The van der Waals surface area contributed by atoms with Crippen molar-refractivity contribution in [1.29, 1.82) is 0 Å². The van der Waals surface area contributed by atoms with E-state index in [-0.39, 0.29) is 6.04 Å². The maximum atomic E-state index is 5.66. The van der Waals surface area contributed by atoms with Gasteiger partial charge in [-0.2, -0.15) is 0 Å². The molecular formula is C14H16BrN3O. The van der Waals surface area contributed by atoms with Crippen molar-refractivity contribution in [2.45, 2.75) is 12.5 Å². The number of methoxy groups -OCH3 is 1. The molecule has 1 aromatic heterocycles. The third-order valence-electron chi connectivity index (χ3n) is 2.93. The van der Waals surface area contributed by atoms with Crippen LogP contribution in [-0.2, 0) is 6.42 Å². The SMILES string of the molecule is COc1ccccc1CC(NN)c1ncccc1Br. The number of para-hydroxylation sites is 1. The van der Waals surface area contributed by atoms with E-state index in [1.807, 2.05) is 36.4 Å². The van der Waals surface area contributed by atoms with Crippen molar-refractivity contribution >= 4 is 15.9 Å². The number of hydrogen-bond donors (Lipinski definition) is 2. The fourth-order valence-corrected chi connectivity index (χ4v) is 2.51. The molecule has 0 radical (unpaired) electrons. The molecule has 5 heteroatoms. The molecule has 1 atom stereocenters. The molecule has 0 bridgehead atoms. The number of aromatic nitrogens is 1. The minimum absolute atomic E-state index is 0.0770. The molecule has 0 amide bonds. The molecule has 0 aliphatic heterocycles. The van der Waals surface area contributed by atoms with Gasteiger partial charge in [0.2, 0.25) is 0 Å². The lowest BCUT2D eigenvalue weighted by Crippen LogP contribution is -2.30. The van der Waals surface area contributed by atoms with Gasteiger partial charge in [-0.05, 0) is 46.1 Å². The van der Waals surface area contributed by atoms with Crippen LogP contribution in [0.5, 0.6) is 5.75 Å². The molecule has 0 saturated heterocycles. The second-order valence-corrected chi connectivity index (χ2v) is 4.96. The van der Waals surface area contributed by atoms with E-state index in [2.05, 4.69) is 26.3 Å². The van der Waals surface area contributed by atoms with Gasteiger partial charge in [-0.25, -0.2) is 0 Å². The topological polar surface area (TPSA) is 60.2 Å². The molecule has 1 unspecified atom stereocenters. The number of nitrogens with two attached hydrogens (primary N) is 1. The minimum Gasteiger partial charge on any atom is -0.496 e. The maximum Gasteiger partial charge on any atom is 0.122 e. The second-order valence-electron chi connectivity index (χ2n) is 4.11. The number of halogens is 1. The monoisotopic (exact) mass is 321 g/mol. The average Bonchev–Trinajstić information content (AvgIpc) is 2.46. The number of ether oxygens (including phenoxy) is 1. The highest BCUT2D eigenvalue weighted by Gasteiger charge is 2.16. The van der Waals surface area contributed by atoms with Crippen molar-refractivity contribution < 1.29 is 4.74 Å². The molecule has 2 aromatic rings. The summed E-state index contributed by atoms with van der Waals surface area (Å²) in [5.74, 6) is 6.52. The molecule has 0 aliphatic carbocycles. The van der Waals surface area contributed by atoms with Crippen molar-refractivity contribution in [1.82, 2.24) is 10.4 Å². The van der Waals surface area contributed by atoms with E-state index in [9.17, 15) is 0 Å². The summed E-state index contributed by atoms with van der Waals surface area (Å²) < 4.78 is 6.29. The zero-order chi connectivity index (χ0) is 13.7. The number of nitrogens with zero attached hydrogens (tertiary/aromatic N) is 1. The van der Waals surface area contributed by atoms with Crippen LogP contribution in [0.3, 0.4) is 0 Å². The zero-order valence-electron chi connectivity index (χ0n) is 10.6. The molecule has 0 spiro atoms. The Kier molecular flexibility index (Phi) is 4.90. The van der Waals surface area contributed by atoms with Crippen LogP contribution < -0.4 is 16.0 Å². The smallest absolute Gasteiger partial charge is 0.122 e. The van der Waals surface area contributed by atoms with Gasteiger partial charge in [0.25, 0.3) is 0 Å². The van der Waals surface area contributed by atoms with E-state index in [1.54, 1.807) is 13.3 Å². The Bertz CT molecular complexity index is 548. The summed E-state index contributed by atoms with van der Waals surface area (Å²) in [6, 6.07) is 11.7. The molecule has 100 valence electrons. The summed E-state index contributed by atoms with van der Waals surface area (Å²) in [5.41, 5.74) is 4.78. The molecule has 2 rings (SSSR count). The first-order chi connectivity index (χ1) is 9.26. The predicted octanol–water partition coefficient (Wildman–Crippen LogP) is 2.60. The van der Waals surface area contributed by atoms with Crippen molar-refractivity contribution in [2.75, 3.05) is 7.11 Å². The number of pyridine rings is 1. The quantitative estimate of drug-likeness (QED) is 0.656. The lowest BCUT2D eigenvalue weighted by Gasteiger charge is -2.18. The summed E-state index contributed by atoms with van der Waals surface area (Å²) in [6.07, 6.45) is 2.46.